The monoisotopic (exact) mass is 432 g/mol. The number of piperazine rings is 1. The van der Waals surface area contributed by atoms with Crippen molar-refractivity contribution in [1.82, 2.24) is 10.2 Å². The van der Waals surface area contributed by atoms with E-state index >= 15 is 0 Å². The fourth-order valence-electron chi connectivity index (χ4n) is 3.06. The number of nitrogens with zero attached hydrogens (tertiary/aromatic N) is 1. The molecular formula is C22H25ClN2O5. The zero-order valence-electron chi connectivity index (χ0n) is 16.7. The smallest absolute Gasteiger partial charge is 0.416 e. The summed E-state index contributed by atoms with van der Waals surface area (Å²) < 4.78 is 10.6. The van der Waals surface area contributed by atoms with Gasteiger partial charge in [-0.05, 0) is 18.1 Å². The highest BCUT2D eigenvalue weighted by atomic mass is 35.5. The number of ether oxygens (including phenoxy) is 2. The number of rotatable bonds is 6. The molecule has 160 valence electrons. The largest absolute Gasteiger partial charge is 0.461 e. The highest BCUT2D eigenvalue weighted by molar-refractivity contribution is 5.98. The van der Waals surface area contributed by atoms with Crippen LogP contribution in [-0.2, 0) is 32.3 Å². The number of benzene rings is 2. The van der Waals surface area contributed by atoms with Gasteiger partial charge in [-0.25, -0.2) is 9.69 Å². The van der Waals surface area contributed by atoms with Crippen LogP contribution in [0.5, 0.6) is 0 Å². The fraction of sp³-hybridized carbons (Fsp3) is 0.318. The highest BCUT2D eigenvalue weighted by Crippen LogP contribution is 2.15. The maximum atomic E-state index is 12.8. The molecule has 7 nitrogen and oxygen atoms in total. The molecule has 0 aliphatic carbocycles. The predicted octanol–water partition coefficient (Wildman–Crippen LogP) is 2.92. The number of hydrogen-bond acceptors (Lipinski definition) is 6. The van der Waals surface area contributed by atoms with Crippen LogP contribution in [0.15, 0.2) is 60.7 Å². The molecule has 1 heterocycles. The van der Waals surface area contributed by atoms with Gasteiger partial charge in [0, 0.05) is 13.1 Å². The van der Waals surface area contributed by atoms with Crippen LogP contribution in [0.2, 0.25) is 0 Å². The third kappa shape index (κ3) is 6.05. The topological polar surface area (TPSA) is 84.9 Å². The number of hydrogen-bond donors (Lipinski definition) is 1. The van der Waals surface area contributed by atoms with Gasteiger partial charge in [0.2, 0.25) is 5.91 Å². The van der Waals surface area contributed by atoms with Crippen molar-refractivity contribution in [2.75, 3.05) is 13.1 Å². The zero-order valence-corrected chi connectivity index (χ0v) is 17.5. The molecule has 1 fully saturated rings. The summed E-state index contributed by atoms with van der Waals surface area (Å²) in [6, 6.07) is 17.7. The van der Waals surface area contributed by atoms with Crippen LogP contribution in [0.25, 0.3) is 0 Å². The Hall–Kier alpha value is -2.90. The second-order valence-corrected chi connectivity index (χ2v) is 6.84. The van der Waals surface area contributed by atoms with E-state index in [0.29, 0.717) is 6.54 Å². The summed E-state index contributed by atoms with van der Waals surface area (Å²) in [7, 11) is 0. The molecule has 2 aromatic carbocycles. The van der Waals surface area contributed by atoms with Gasteiger partial charge in [0.25, 0.3) is 0 Å². The van der Waals surface area contributed by atoms with E-state index in [-0.39, 0.29) is 32.2 Å². The van der Waals surface area contributed by atoms with Gasteiger partial charge in [0.05, 0.1) is 5.92 Å². The lowest BCUT2D eigenvalue weighted by molar-refractivity contribution is -0.154. The van der Waals surface area contributed by atoms with Gasteiger partial charge in [-0.2, -0.15) is 0 Å². The molecular weight excluding hydrogens is 408 g/mol. The molecule has 0 spiro atoms. The first-order chi connectivity index (χ1) is 14.1. The van der Waals surface area contributed by atoms with Crippen molar-refractivity contribution in [3.63, 3.8) is 0 Å². The van der Waals surface area contributed by atoms with Crippen molar-refractivity contribution in [3.8, 4) is 0 Å². The van der Waals surface area contributed by atoms with Gasteiger partial charge in [0.15, 0.2) is 0 Å². The number of amides is 2. The van der Waals surface area contributed by atoms with E-state index in [4.69, 9.17) is 9.47 Å². The molecule has 1 aliphatic heterocycles. The molecule has 2 amide bonds. The summed E-state index contributed by atoms with van der Waals surface area (Å²) in [6.07, 6.45) is -0.713. The van der Waals surface area contributed by atoms with Crippen LogP contribution in [-0.4, -0.2) is 42.0 Å². The highest BCUT2D eigenvalue weighted by Gasteiger charge is 2.39. The van der Waals surface area contributed by atoms with Crippen LogP contribution in [0.3, 0.4) is 0 Å². The Morgan fingerprint density at radius 2 is 1.53 bits per heavy atom. The molecule has 0 aromatic heterocycles. The van der Waals surface area contributed by atoms with E-state index in [0.717, 1.165) is 16.0 Å². The minimum Gasteiger partial charge on any atom is -0.461 e. The van der Waals surface area contributed by atoms with E-state index in [1.54, 1.807) is 6.92 Å². The number of carbonyl (C=O) groups excluding carboxylic acids is 3. The SMILES string of the molecule is CC(C(=O)OCc1ccccc1)C1NCCN(C(=O)OCc2ccccc2)C1=O.Cl. The average Bonchev–Trinajstić information content (AvgIpc) is 2.77. The molecule has 1 N–H and O–H groups in total. The fourth-order valence-corrected chi connectivity index (χ4v) is 3.06. The minimum absolute atomic E-state index is 0. The van der Waals surface area contributed by atoms with Gasteiger partial charge in [-0.3, -0.25) is 9.59 Å². The molecule has 2 atom stereocenters. The molecule has 0 saturated carbocycles. The average molecular weight is 433 g/mol. The second kappa shape index (κ2) is 11.3. The Balaban J connectivity index is 0.00000320. The van der Waals surface area contributed by atoms with Crippen molar-refractivity contribution in [2.45, 2.75) is 26.2 Å². The molecule has 2 aromatic rings. The van der Waals surface area contributed by atoms with Crippen molar-refractivity contribution in [3.05, 3.63) is 71.8 Å². The summed E-state index contributed by atoms with van der Waals surface area (Å²) in [6.45, 7) is 2.40. The lowest BCUT2D eigenvalue weighted by Crippen LogP contribution is -2.60. The lowest BCUT2D eigenvalue weighted by atomic mass is 9.99. The van der Waals surface area contributed by atoms with Crippen LogP contribution >= 0.6 is 12.4 Å². The molecule has 30 heavy (non-hydrogen) atoms. The van der Waals surface area contributed by atoms with Crippen LogP contribution in [0, 0.1) is 5.92 Å². The lowest BCUT2D eigenvalue weighted by Gasteiger charge is -2.33. The molecule has 2 unspecified atom stereocenters. The Morgan fingerprint density at radius 3 is 2.10 bits per heavy atom. The number of imide groups is 1. The van der Waals surface area contributed by atoms with Gasteiger partial charge in [-0.15, -0.1) is 12.4 Å². The summed E-state index contributed by atoms with van der Waals surface area (Å²) in [4.78, 5) is 38.6. The Labute approximate surface area is 181 Å². The predicted molar refractivity (Wildman–Crippen MR) is 113 cm³/mol. The summed E-state index contributed by atoms with van der Waals surface area (Å²) in [5.74, 6) is -1.73. The third-order valence-corrected chi connectivity index (χ3v) is 4.75. The molecule has 8 heteroatoms. The van der Waals surface area contributed by atoms with Crippen molar-refractivity contribution in [2.24, 2.45) is 5.92 Å². The first kappa shape index (κ1) is 23.4. The van der Waals surface area contributed by atoms with Gasteiger partial charge in [0.1, 0.15) is 19.3 Å². The van der Waals surface area contributed by atoms with Crippen molar-refractivity contribution >= 4 is 30.4 Å². The van der Waals surface area contributed by atoms with Crippen LogP contribution < -0.4 is 5.32 Å². The number of esters is 1. The first-order valence-electron chi connectivity index (χ1n) is 9.52. The maximum absolute atomic E-state index is 12.8. The molecule has 3 rings (SSSR count). The number of halogens is 1. The molecule has 1 saturated heterocycles. The van der Waals surface area contributed by atoms with E-state index in [9.17, 15) is 14.4 Å². The Kier molecular flexibility index (Phi) is 8.83. The van der Waals surface area contributed by atoms with Gasteiger partial charge < -0.3 is 14.8 Å². The third-order valence-electron chi connectivity index (χ3n) is 4.75. The van der Waals surface area contributed by atoms with E-state index in [1.165, 1.54) is 0 Å². The minimum atomic E-state index is -0.837. The molecule has 0 radical (unpaired) electrons. The summed E-state index contributed by atoms with van der Waals surface area (Å²) in [5, 5.41) is 3.01. The Bertz CT molecular complexity index is 847. The normalized spacial score (nSPS) is 16.9. The van der Waals surface area contributed by atoms with E-state index in [2.05, 4.69) is 5.32 Å². The molecule has 0 bridgehead atoms. The first-order valence-corrected chi connectivity index (χ1v) is 9.52. The van der Waals surface area contributed by atoms with E-state index in [1.807, 2.05) is 60.7 Å². The van der Waals surface area contributed by atoms with Crippen LogP contribution in [0.1, 0.15) is 18.1 Å². The van der Waals surface area contributed by atoms with Crippen molar-refractivity contribution < 1.29 is 23.9 Å². The summed E-state index contributed by atoms with van der Waals surface area (Å²) in [5.41, 5.74) is 1.69. The van der Waals surface area contributed by atoms with Crippen molar-refractivity contribution in [1.29, 1.82) is 0 Å². The number of nitrogens with one attached hydrogen (secondary N) is 1. The maximum Gasteiger partial charge on any atom is 0.416 e. The molecule has 1 aliphatic rings. The zero-order chi connectivity index (χ0) is 20.6. The van der Waals surface area contributed by atoms with Crippen LogP contribution in [0.4, 0.5) is 4.79 Å². The quantitative estimate of drug-likeness (QED) is 0.706. The summed E-state index contributed by atoms with van der Waals surface area (Å²) >= 11 is 0. The number of carbonyl (C=O) groups is 3. The second-order valence-electron chi connectivity index (χ2n) is 6.84. The van der Waals surface area contributed by atoms with E-state index < -0.39 is 29.9 Å². The Morgan fingerprint density at radius 1 is 1.00 bits per heavy atom. The standard InChI is InChI=1S/C22H24N2O5.ClH/c1-16(21(26)28-14-17-8-4-2-5-9-17)19-20(25)24(13-12-23-19)22(27)29-15-18-10-6-3-7-11-18;/h2-11,16,19,23H,12-15H2,1H3;1H. The van der Waals surface area contributed by atoms with Gasteiger partial charge in [-0.1, -0.05) is 60.7 Å². The van der Waals surface area contributed by atoms with Gasteiger partial charge >= 0.3 is 12.1 Å².